The second-order valence-electron chi connectivity index (χ2n) is 4.93. The molecular weight excluding hydrogens is 214 g/mol. The summed E-state index contributed by atoms with van der Waals surface area (Å²) in [7, 11) is 0. The van der Waals surface area contributed by atoms with Crippen molar-refractivity contribution in [1.29, 1.82) is 0 Å². The van der Waals surface area contributed by atoms with Gasteiger partial charge in [0.05, 0.1) is 11.3 Å². The molecule has 0 aliphatic heterocycles. The van der Waals surface area contributed by atoms with Crippen molar-refractivity contribution in [3.63, 3.8) is 0 Å². The molecule has 0 saturated heterocycles. The summed E-state index contributed by atoms with van der Waals surface area (Å²) in [6, 6.07) is 5.59. The van der Waals surface area contributed by atoms with E-state index < -0.39 is 0 Å². The minimum Gasteiger partial charge on any atom is -0.298 e. The highest BCUT2D eigenvalue weighted by Gasteiger charge is 2.22. The molecule has 0 unspecified atom stereocenters. The molecular formula is C13H15N3O. The van der Waals surface area contributed by atoms with E-state index in [1.165, 1.54) is 0 Å². The highest BCUT2D eigenvalue weighted by Crippen LogP contribution is 2.24. The topological polar surface area (TPSA) is 47.8 Å². The first kappa shape index (κ1) is 11.5. The standard InChI is InChI=1S/C13H15N3O/c1-13(2,3)12-10(9-17)8-16(15-12)11-6-4-5-7-14-11/h4-9H,1-3H3. The fraction of sp³-hybridized carbons (Fsp3) is 0.308. The van der Waals surface area contributed by atoms with Crippen LogP contribution in [0, 0.1) is 0 Å². The van der Waals surface area contributed by atoms with E-state index in [4.69, 9.17) is 0 Å². The van der Waals surface area contributed by atoms with Crippen LogP contribution >= 0.6 is 0 Å². The van der Waals surface area contributed by atoms with Crippen molar-refractivity contribution in [3.05, 3.63) is 41.9 Å². The van der Waals surface area contributed by atoms with Gasteiger partial charge in [0.25, 0.3) is 0 Å². The lowest BCUT2D eigenvalue weighted by Crippen LogP contribution is -2.14. The summed E-state index contributed by atoms with van der Waals surface area (Å²) in [6.07, 6.45) is 4.26. The van der Waals surface area contributed by atoms with Crippen LogP contribution in [0.25, 0.3) is 5.82 Å². The average Bonchev–Trinajstić information content (AvgIpc) is 2.74. The third kappa shape index (κ3) is 2.25. The normalized spacial score (nSPS) is 11.5. The molecule has 0 N–H and O–H groups in total. The Morgan fingerprint density at radius 2 is 2.06 bits per heavy atom. The maximum absolute atomic E-state index is 11.0. The number of carbonyl (C=O) groups is 1. The van der Waals surface area contributed by atoms with E-state index in [2.05, 4.69) is 10.1 Å². The number of hydrogen-bond acceptors (Lipinski definition) is 3. The molecule has 17 heavy (non-hydrogen) atoms. The van der Waals surface area contributed by atoms with E-state index in [0.29, 0.717) is 11.4 Å². The number of aromatic nitrogens is 3. The van der Waals surface area contributed by atoms with E-state index in [1.54, 1.807) is 17.1 Å². The average molecular weight is 229 g/mol. The Bertz CT molecular complexity index is 523. The zero-order chi connectivity index (χ0) is 12.5. The van der Waals surface area contributed by atoms with Gasteiger partial charge in [-0.15, -0.1) is 0 Å². The molecule has 0 atom stereocenters. The van der Waals surface area contributed by atoms with E-state index >= 15 is 0 Å². The number of rotatable bonds is 2. The summed E-state index contributed by atoms with van der Waals surface area (Å²) in [5, 5.41) is 4.45. The highest BCUT2D eigenvalue weighted by molar-refractivity contribution is 5.76. The molecule has 0 saturated carbocycles. The Morgan fingerprint density at radius 3 is 2.53 bits per heavy atom. The van der Waals surface area contributed by atoms with Crippen molar-refractivity contribution >= 4 is 6.29 Å². The number of pyridine rings is 1. The van der Waals surface area contributed by atoms with Crippen LogP contribution in [-0.2, 0) is 5.41 Å². The third-order valence-electron chi connectivity index (χ3n) is 2.46. The largest absolute Gasteiger partial charge is 0.298 e. The Hall–Kier alpha value is -1.97. The fourth-order valence-corrected chi connectivity index (χ4v) is 1.66. The fourth-order valence-electron chi connectivity index (χ4n) is 1.66. The quantitative estimate of drug-likeness (QED) is 0.743. The van der Waals surface area contributed by atoms with Crippen LogP contribution < -0.4 is 0 Å². The van der Waals surface area contributed by atoms with Crippen LogP contribution in [0.15, 0.2) is 30.6 Å². The van der Waals surface area contributed by atoms with Gasteiger partial charge in [0.1, 0.15) is 0 Å². The molecule has 0 spiro atoms. The van der Waals surface area contributed by atoms with Gasteiger partial charge >= 0.3 is 0 Å². The van der Waals surface area contributed by atoms with Crippen molar-refractivity contribution in [3.8, 4) is 5.82 Å². The van der Waals surface area contributed by atoms with Gasteiger partial charge in [-0.2, -0.15) is 5.10 Å². The van der Waals surface area contributed by atoms with E-state index in [0.717, 1.165) is 12.0 Å². The molecule has 2 heterocycles. The molecule has 0 amide bonds. The number of hydrogen-bond donors (Lipinski definition) is 0. The van der Waals surface area contributed by atoms with Crippen LogP contribution in [0.2, 0.25) is 0 Å². The maximum atomic E-state index is 11.0. The molecule has 0 bridgehead atoms. The van der Waals surface area contributed by atoms with Crippen LogP contribution in [0.5, 0.6) is 0 Å². The molecule has 4 nitrogen and oxygen atoms in total. The molecule has 0 aliphatic carbocycles. The van der Waals surface area contributed by atoms with Crippen molar-refractivity contribution in [2.45, 2.75) is 26.2 Å². The minimum absolute atomic E-state index is 0.156. The van der Waals surface area contributed by atoms with E-state index in [-0.39, 0.29) is 5.41 Å². The lowest BCUT2D eigenvalue weighted by molar-refractivity contribution is 0.112. The monoisotopic (exact) mass is 229 g/mol. The Kier molecular flexibility index (Phi) is 2.79. The molecule has 4 heteroatoms. The molecule has 2 rings (SSSR count). The van der Waals surface area contributed by atoms with Crippen molar-refractivity contribution < 1.29 is 4.79 Å². The molecule has 88 valence electrons. The molecule has 2 aromatic rings. The zero-order valence-corrected chi connectivity index (χ0v) is 10.2. The first-order chi connectivity index (χ1) is 8.02. The van der Waals surface area contributed by atoms with Crippen LogP contribution in [-0.4, -0.2) is 21.1 Å². The predicted octanol–water partition coefficient (Wildman–Crippen LogP) is 2.38. The zero-order valence-electron chi connectivity index (χ0n) is 10.2. The number of carbonyl (C=O) groups excluding carboxylic acids is 1. The summed E-state index contributed by atoms with van der Waals surface area (Å²) in [6.45, 7) is 6.10. The smallest absolute Gasteiger partial charge is 0.153 e. The van der Waals surface area contributed by atoms with Gasteiger partial charge in [0, 0.05) is 17.8 Å². The van der Waals surface area contributed by atoms with E-state index in [9.17, 15) is 4.79 Å². The molecule has 0 aromatic carbocycles. The summed E-state index contributed by atoms with van der Waals surface area (Å²) in [5.74, 6) is 0.714. The lowest BCUT2D eigenvalue weighted by atomic mass is 9.90. The van der Waals surface area contributed by atoms with Crippen molar-refractivity contribution in [2.75, 3.05) is 0 Å². The predicted molar refractivity (Wildman–Crippen MR) is 65.4 cm³/mol. The molecule has 0 fully saturated rings. The first-order valence-electron chi connectivity index (χ1n) is 5.49. The number of nitrogens with zero attached hydrogens (tertiary/aromatic N) is 3. The first-order valence-corrected chi connectivity index (χ1v) is 5.49. The van der Waals surface area contributed by atoms with Crippen LogP contribution in [0.3, 0.4) is 0 Å². The van der Waals surface area contributed by atoms with Crippen molar-refractivity contribution in [1.82, 2.24) is 14.8 Å². The van der Waals surface area contributed by atoms with Gasteiger partial charge in [-0.1, -0.05) is 26.8 Å². The second kappa shape index (κ2) is 4.13. The minimum atomic E-state index is -0.156. The second-order valence-corrected chi connectivity index (χ2v) is 4.93. The van der Waals surface area contributed by atoms with Gasteiger partial charge in [-0.3, -0.25) is 4.79 Å². The van der Waals surface area contributed by atoms with Gasteiger partial charge in [0.2, 0.25) is 0 Å². The maximum Gasteiger partial charge on any atom is 0.153 e. The molecule has 0 radical (unpaired) electrons. The SMILES string of the molecule is CC(C)(C)c1nn(-c2ccccn2)cc1C=O. The third-order valence-corrected chi connectivity index (χ3v) is 2.46. The van der Waals surface area contributed by atoms with Crippen molar-refractivity contribution in [2.24, 2.45) is 0 Å². The summed E-state index contributed by atoms with van der Waals surface area (Å²) < 4.78 is 1.64. The Labute approximate surface area is 100 Å². The van der Waals surface area contributed by atoms with Crippen LogP contribution in [0.1, 0.15) is 36.8 Å². The number of aldehydes is 1. The molecule has 0 aliphatic rings. The van der Waals surface area contributed by atoms with Gasteiger partial charge in [0.15, 0.2) is 12.1 Å². The summed E-state index contributed by atoms with van der Waals surface area (Å²) >= 11 is 0. The lowest BCUT2D eigenvalue weighted by Gasteiger charge is -2.15. The summed E-state index contributed by atoms with van der Waals surface area (Å²) in [5.41, 5.74) is 1.25. The molecule has 2 aromatic heterocycles. The highest BCUT2D eigenvalue weighted by atomic mass is 16.1. The Morgan fingerprint density at radius 1 is 1.29 bits per heavy atom. The van der Waals surface area contributed by atoms with Gasteiger partial charge in [-0.25, -0.2) is 9.67 Å². The van der Waals surface area contributed by atoms with Gasteiger partial charge < -0.3 is 0 Å². The van der Waals surface area contributed by atoms with Gasteiger partial charge in [-0.05, 0) is 12.1 Å². The van der Waals surface area contributed by atoms with Crippen LogP contribution in [0.4, 0.5) is 0 Å². The summed E-state index contributed by atoms with van der Waals surface area (Å²) in [4.78, 5) is 15.2. The Balaban J connectivity index is 2.53. The van der Waals surface area contributed by atoms with E-state index in [1.807, 2.05) is 39.0 Å².